The van der Waals surface area contributed by atoms with Crippen molar-refractivity contribution in [1.82, 2.24) is 4.98 Å². The number of rotatable bonds is 5. The molecular formula is C18H15NO4S2. The molecule has 0 saturated heterocycles. The molecule has 128 valence electrons. The number of carbonyl (C=O) groups is 1. The molecule has 1 aromatic heterocycles. The first-order valence-electron chi connectivity index (χ1n) is 7.55. The molecule has 3 rings (SSSR count). The zero-order valence-electron chi connectivity index (χ0n) is 13.3. The molecule has 0 atom stereocenters. The van der Waals surface area contributed by atoms with Crippen LogP contribution in [0, 0.1) is 0 Å². The van der Waals surface area contributed by atoms with Gasteiger partial charge in [-0.1, -0.05) is 37.3 Å². The molecule has 0 aliphatic carbocycles. The molecular weight excluding hydrogens is 358 g/mol. The van der Waals surface area contributed by atoms with Gasteiger partial charge in [0, 0.05) is 0 Å². The summed E-state index contributed by atoms with van der Waals surface area (Å²) >= 11 is 1.10. The molecule has 25 heavy (non-hydrogen) atoms. The van der Waals surface area contributed by atoms with Crippen molar-refractivity contribution < 1.29 is 18.3 Å². The van der Waals surface area contributed by atoms with Crippen LogP contribution in [-0.4, -0.2) is 24.5 Å². The third kappa shape index (κ3) is 3.47. The number of hydrogen-bond donors (Lipinski definition) is 1. The Labute approximate surface area is 149 Å². The van der Waals surface area contributed by atoms with Crippen LogP contribution in [0.5, 0.6) is 0 Å². The van der Waals surface area contributed by atoms with Crippen LogP contribution in [-0.2, 0) is 16.3 Å². The van der Waals surface area contributed by atoms with Crippen molar-refractivity contribution in [1.29, 1.82) is 0 Å². The van der Waals surface area contributed by atoms with E-state index in [1.807, 2.05) is 25.1 Å². The quantitative estimate of drug-likeness (QED) is 0.733. The Morgan fingerprint density at radius 1 is 1.12 bits per heavy atom. The molecule has 0 amide bonds. The van der Waals surface area contributed by atoms with Crippen LogP contribution in [0.1, 0.15) is 22.3 Å². The highest BCUT2D eigenvalue weighted by Crippen LogP contribution is 2.30. The number of aryl methyl sites for hydroxylation is 1. The highest BCUT2D eigenvalue weighted by Gasteiger charge is 2.23. The minimum atomic E-state index is -3.82. The molecule has 1 N–H and O–H groups in total. The topological polar surface area (TPSA) is 84.3 Å². The first-order valence-corrected chi connectivity index (χ1v) is 9.85. The lowest BCUT2D eigenvalue weighted by atomic mass is 10.0. The monoisotopic (exact) mass is 373 g/mol. The lowest BCUT2D eigenvalue weighted by Gasteiger charge is -2.08. The minimum absolute atomic E-state index is 0.0439. The van der Waals surface area contributed by atoms with Gasteiger partial charge in [-0.3, -0.25) is 0 Å². The van der Waals surface area contributed by atoms with Gasteiger partial charge in [-0.15, -0.1) is 11.3 Å². The van der Waals surface area contributed by atoms with E-state index in [0.29, 0.717) is 12.0 Å². The summed E-state index contributed by atoms with van der Waals surface area (Å²) in [5.41, 5.74) is 1.22. The number of aromatic nitrogens is 1. The molecule has 5 nitrogen and oxygen atoms in total. The number of carboxylic acid groups (broad SMARTS) is 1. The number of carboxylic acids is 1. The highest BCUT2D eigenvalue weighted by molar-refractivity contribution is 7.93. The smallest absolute Gasteiger partial charge is 0.335 e. The van der Waals surface area contributed by atoms with Crippen molar-refractivity contribution in [2.24, 2.45) is 0 Å². The Balaban J connectivity index is 2.18. The van der Waals surface area contributed by atoms with E-state index >= 15 is 0 Å². The number of aromatic carboxylic acids is 1. The van der Waals surface area contributed by atoms with Gasteiger partial charge in [-0.2, -0.15) is 0 Å². The largest absolute Gasteiger partial charge is 0.478 e. The maximum atomic E-state index is 12.9. The fourth-order valence-corrected chi connectivity index (χ4v) is 4.96. The summed E-state index contributed by atoms with van der Waals surface area (Å²) < 4.78 is 25.9. The maximum Gasteiger partial charge on any atom is 0.335 e. The third-order valence-corrected chi connectivity index (χ3v) is 7.01. The second-order valence-electron chi connectivity index (χ2n) is 5.35. The van der Waals surface area contributed by atoms with E-state index in [4.69, 9.17) is 0 Å². The first-order chi connectivity index (χ1) is 11.9. The molecule has 0 fully saturated rings. The van der Waals surface area contributed by atoms with E-state index in [1.54, 1.807) is 12.1 Å². The van der Waals surface area contributed by atoms with Gasteiger partial charge in [0.2, 0.25) is 9.84 Å². The second kappa shape index (κ2) is 6.78. The molecule has 1 heterocycles. The molecule has 0 saturated carbocycles. The van der Waals surface area contributed by atoms with Crippen molar-refractivity contribution in [2.45, 2.75) is 22.4 Å². The van der Waals surface area contributed by atoms with E-state index in [2.05, 4.69) is 4.98 Å². The minimum Gasteiger partial charge on any atom is -0.478 e. The number of nitrogens with zero attached hydrogens (tertiary/aromatic N) is 1. The molecule has 7 heteroatoms. The summed E-state index contributed by atoms with van der Waals surface area (Å²) in [6.45, 7) is 1.90. The van der Waals surface area contributed by atoms with Crippen molar-refractivity contribution >= 4 is 27.1 Å². The predicted molar refractivity (Wildman–Crippen MR) is 95.8 cm³/mol. The fourth-order valence-electron chi connectivity index (χ4n) is 2.37. The second-order valence-corrected chi connectivity index (χ2v) is 8.64. The van der Waals surface area contributed by atoms with Gasteiger partial charge >= 0.3 is 5.97 Å². The van der Waals surface area contributed by atoms with Gasteiger partial charge in [0.15, 0.2) is 0 Å². The van der Waals surface area contributed by atoms with Crippen LogP contribution in [0.25, 0.3) is 11.1 Å². The SMILES string of the molecule is CCc1ncc(S(=O)(=O)c2cc(C(=O)O)cc(-c3ccccc3)c2)s1. The molecule has 0 unspecified atom stereocenters. The standard InChI is InChI=1S/C18H15NO4S2/c1-2-16-19-11-17(24-16)25(22,23)15-9-13(8-14(10-15)18(20)21)12-6-4-3-5-7-12/h3-11H,2H2,1H3,(H,20,21). The van der Waals surface area contributed by atoms with Crippen LogP contribution >= 0.6 is 11.3 Å². The Bertz CT molecular complexity index is 1020. The zero-order chi connectivity index (χ0) is 18.0. The summed E-state index contributed by atoms with van der Waals surface area (Å²) in [6.07, 6.45) is 1.97. The van der Waals surface area contributed by atoms with Gasteiger partial charge in [0.1, 0.15) is 4.21 Å². The Morgan fingerprint density at radius 2 is 1.84 bits per heavy atom. The Kier molecular flexibility index (Phi) is 4.69. The number of hydrogen-bond acceptors (Lipinski definition) is 5. The van der Waals surface area contributed by atoms with Gasteiger partial charge in [-0.25, -0.2) is 18.2 Å². The van der Waals surface area contributed by atoms with Crippen molar-refractivity contribution in [3.63, 3.8) is 0 Å². The van der Waals surface area contributed by atoms with Crippen LogP contribution in [0.2, 0.25) is 0 Å². The lowest BCUT2D eigenvalue weighted by Crippen LogP contribution is -2.04. The van der Waals surface area contributed by atoms with E-state index < -0.39 is 15.8 Å². The van der Waals surface area contributed by atoms with E-state index in [1.165, 1.54) is 24.4 Å². The number of benzene rings is 2. The Hall–Kier alpha value is -2.51. The van der Waals surface area contributed by atoms with Crippen LogP contribution < -0.4 is 0 Å². The van der Waals surface area contributed by atoms with E-state index in [0.717, 1.165) is 21.9 Å². The zero-order valence-corrected chi connectivity index (χ0v) is 15.0. The highest BCUT2D eigenvalue weighted by atomic mass is 32.2. The average Bonchev–Trinajstić information content (AvgIpc) is 3.12. The molecule has 3 aromatic rings. The third-order valence-electron chi connectivity index (χ3n) is 3.67. The predicted octanol–water partition coefficient (Wildman–Crippen LogP) is 3.90. The number of sulfone groups is 1. The molecule has 0 aliphatic rings. The van der Waals surface area contributed by atoms with Gasteiger partial charge in [0.25, 0.3) is 0 Å². The maximum absolute atomic E-state index is 12.9. The van der Waals surface area contributed by atoms with Gasteiger partial charge < -0.3 is 5.11 Å². The lowest BCUT2D eigenvalue weighted by molar-refractivity contribution is 0.0696. The summed E-state index contributed by atoms with van der Waals surface area (Å²) in [7, 11) is -3.82. The van der Waals surface area contributed by atoms with Crippen LogP contribution in [0.15, 0.2) is 63.8 Å². The van der Waals surface area contributed by atoms with Gasteiger partial charge in [-0.05, 0) is 35.7 Å². The van der Waals surface area contributed by atoms with E-state index in [9.17, 15) is 18.3 Å². The van der Waals surface area contributed by atoms with Crippen molar-refractivity contribution in [3.05, 3.63) is 65.3 Å². The summed E-state index contributed by atoms with van der Waals surface area (Å²) in [6, 6.07) is 13.2. The summed E-state index contributed by atoms with van der Waals surface area (Å²) in [5, 5.41) is 10.1. The molecule has 0 aliphatic heterocycles. The van der Waals surface area contributed by atoms with Crippen molar-refractivity contribution in [2.75, 3.05) is 0 Å². The molecule has 2 aromatic carbocycles. The van der Waals surface area contributed by atoms with Gasteiger partial charge in [0.05, 0.1) is 21.7 Å². The fraction of sp³-hybridized carbons (Fsp3) is 0.111. The number of thiazole rings is 1. The van der Waals surface area contributed by atoms with E-state index in [-0.39, 0.29) is 14.7 Å². The van der Waals surface area contributed by atoms with Crippen molar-refractivity contribution in [3.8, 4) is 11.1 Å². The average molecular weight is 373 g/mol. The first kappa shape index (κ1) is 17.3. The summed E-state index contributed by atoms with van der Waals surface area (Å²) in [4.78, 5) is 15.5. The normalized spacial score (nSPS) is 11.4. The molecule has 0 radical (unpaired) electrons. The molecule has 0 spiro atoms. The van der Waals surface area contributed by atoms with Crippen LogP contribution in [0.4, 0.5) is 0 Å². The summed E-state index contributed by atoms with van der Waals surface area (Å²) in [5.74, 6) is -1.17. The molecule has 0 bridgehead atoms. The van der Waals surface area contributed by atoms with Crippen LogP contribution in [0.3, 0.4) is 0 Å². The Morgan fingerprint density at radius 3 is 2.44 bits per heavy atom.